The molecule has 4 rings (SSSR count). The molecule has 0 aliphatic heterocycles. The van der Waals surface area contributed by atoms with Crippen molar-refractivity contribution in [1.29, 1.82) is 0 Å². The van der Waals surface area contributed by atoms with Gasteiger partial charge in [-0.15, -0.1) is 0 Å². The first kappa shape index (κ1) is 42.4. The number of isothiocyanates is 2. The summed E-state index contributed by atoms with van der Waals surface area (Å²) >= 11 is 7.40. The fourth-order valence-electron chi connectivity index (χ4n) is 3.34. The van der Waals surface area contributed by atoms with Crippen molar-refractivity contribution < 1.29 is 48.8 Å². The number of nitrogens with zero attached hydrogens (tertiary/aromatic N) is 6. The van der Waals surface area contributed by atoms with E-state index in [4.69, 9.17) is 30.5 Å². The Morgan fingerprint density at radius 3 is 1.13 bits per heavy atom. The van der Waals surface area contributed by atoms with Crippen molar-refractivity contribution >= 4 is 46.7 Å². The van der Waals surface area contributed by atoms with E-state index in [0.29, 0.717) is 11.4 Å². The summed E-state index contributed by atoms with van der Waals surface area (Å²) in [5.41, 5.74) is 1.82. The van der Waals surface area contributed by atoms with Crippen molar-refractivity contribution in [2.45, 2.75) is 52.7 Å². The molecule has 0 aromatic carbocycles. The summed E-state index contributed by atoms with van der Waals surface area (Å²) in [6.07, 6.45) is 6.15. The zero-order valence-electron chi connectivity index (χ0n) is 26.3. The number of hydrogen-bond donors (Lipinski definition) is 2. The molecule has 15 heteroatoms. The van der Waals surface area contributed by atoms with Gasteiger partial charge in [-0.1, -0.05) is 24.4 Å². The zero-order valence-corrected chi connectivity index (χ0v) is 29.7. The van der Waals surface area contributed by atoms with Crippen LogP contribution in [-0.4, -0.2) is 63.6 Å². The van der Waals surface area contributed by atoms with E-state index in [9.17, 15) is 9.59 Å². The van der Waals surface area contributed by atoms with Gasteiger partial charge in [0.25, 0.3) is 0 Å². The van der Waals surface area contributed by atoms with Gasteiger partial charge in [0.05, 0.1) is 33.9 Å². The van der Waals surface area contributed by atoms with E-state index in [-0.39, 0.29) is 41.8 Å². The smallest absolute Gasteiger partial charge is 0.753 e. The number of thiocarbonyl (C=S) groups is 2. The van der Waals surface area contributed by atoms with Crippen LogP contribution < -0.4 is 9.47 Å². The normalized spacial score (nSPS) is 9.83. The Kier molecular flexibility index (Phi) is 18.5. The van der Waals surface area contributed by atoms with Crippen LogP contribution >= 0.6 is 24.4 Å². The van der Waals surface area contributed by atoms with E-state index in [1.165, 1.54) is 47.0 Å². The molecule has 0 saturated heterocycles. The third-order valence-electron chi connectivity index (χ3n) is 4.85. The van der Waals surface area contributed by atoms with Gasteiger partial charge in [0.2, 0.25) is 0 Å². The summed E-state index contributed by atoms with van der Waals surface area (Å²) in [5, 5.41) is 34.6. The van der Waals surface area contributed by atoms with Gasteiger partial charge in [0.1, 0.15) is 22.7 Å². The minimum Gasteiger partial charge on any atom is -0.753 e. The fourth-order valence-corrected chi connectivity index (χ4v) is 3.34. The quantitative estimate of drug-likeness (QED) is 0.113. The van der Waals surface area contributed by atoms with Gasteiger partial charge in [0.15, 0.2) is 0 Å². The third kappa shape index (κ3) is 17.0. The Labute approximate surface area is 296 Å². The van der Waals surface area contributed by atoms with Crippen molar-refractivity contribution in [3.63, 3.8) is 0 Å². The Morgan fingerprint density at radius 1 is 0.617 bits per heavy atom. The molecular weight excluding hydrogens is 730 g/mol. The average molecular weight is 762 g/mol. The molecule has 12 nitrogen and oxygen atoms in total. The summed E-state index contributed by atoms with van der Waals surface area (Å²) in [6, 6.07) is 12.9. The van der Waals surface area contributed by atoms with Crippen molar-refractivity contribution in [3.8, 4) is 34.3 Å². The van der Waals surface area contributed by atoms with Gasteiger partial charge in [-0.2, -0.15) is 10.3 Å². The first-order chi connectivity index (χ1) is 21.5. The number of aromatic nitrogens is 4. The number of aromatic carboxylic acids is 2. The van der Waals surface area contributed by atoms with Crippen LogP contribution in [-0.2, 0) is 19.5 Å². The van der Waals surface area contributed by atoms with E-state index in [1.54, 1.807) is 12.4 Å². The minimum atomic E-state index is -1.08. The number of ether oxygens (including phenoxy) is 2. The average Bonchev–Trinajstić information content (AvgIpc) is 2.97. The van der Waals surface area contributed by atoms with Crippen LogP contribution in [0.1, 0.15) is 62.3 Å². The van der Waals surface area contributed by atoms with Crippen LogP contribution in [0.15, 0.2) is 73.3 Å². The van der Waals surface area contributed by atoms with E-state index >= 15 is 0 Å². The van der Waals surface area contributed by atoms with Gasteiger partial charge < -0.3 is 30.5 Å². The molecule has 0 amide bonds. The van der Waals surface area contributed by atoms with E-state index in [1.807, 2.05) is 65.8 Å². The number of hydrogen-bond acceptors (Lipinski definition) is 10. The predicted octanol–water partition coefficient (Wildman–Crippen LogP) is 7.35. The third-order valence-corrected chi connectivity index (χ3v) is 4.85. The molecule has 47 heavy (non-hydrogen) atoms. The largest absolute Gasteiger partial charge is 2.00 e. The molecule has 0 fully saturated rings. The molecule has 0 radical (unpaired) electrons. The molecule has 0 atom stereocenters. The van der Waals surface area contributed by atoms with E-state index < -0.39 is 11.9 Å². The van der Waals surface area contributed by atoms with Gasteiger partial charge in [-0.25, -0.2) is 9.59 Å². The van der Waals surface area contributed by atoms with Gasteiger partial charge in [-0.3, -0.25) is 19.9 Å². The van der Waals surface area contributed by atoms with Crippen molar-refractivity contribution in [1.82, 2.24) is 19.9 Å². The molecule has 4 heterocycles. The van der Waals surface area contributed by atoms with Crippen LogP contribution in [0, 0.1) is 0 Å². The maximum absolute atomic E-state index is 10.8. The van der Waals surface area contributed by atoms with Crippen molar-refractivity contribution in [2.75, 3.05) is 0 Å². The molecule has 4 aromatic heterocycles. The number of carboxylic acids is 2. The molecule has 0 aliphatic carbocycles. The molecule has 0 bridgehead atoms. The Bertz CT molecular complexity index is 1570. The standard InChI is InChI=1S/C18H24N2O2.C12H8N2O4.2CNS.Ru/c1-17(2,3)21-13-7-9-19-15(11-13)16-12-14(8-10-20-16)22-18(4,5)6;15-11(16)7-1-3-13-9(5-7)10-6-8(12(17)18)2-4-14-10;2*2-1-3;/h7-12H,1-6H3;1-6H,(H,15,16)(H,17,18);;;/q;;2*-1;+2. The van der Waals surface area contributed by atoms with Crippen LogP contribution in [0.3, 0.4) is 0 Å². The summed E-state index contributed by atoms with van der Waals surface area (Å²) < 4.78 is 11.8. The maximum atomic E-state index is 10.8. The number of rotatable bonds is 6. The maximum Gasteiger partial charge on any atom is 2.00 e. The Morgan fingerprint density at radius 2 is 0.872 bits per heavy atom. The molecule has 0 unspecified atom stereocenters. The second-order valence-corrected chi connectivity index (χ2v) is 11.2. The summed E-state index contributed by atoms with van der Waals surface area (Å²) in [7, 11) is 0. The van der Waals surface area contributed by atoms with E-state index in [2.05, 4.69) is 44.4 Å². The zero-order chi connectivity index (χ0) is 34.9. The molecule has 246 valence electrons. The summed E-state index contributed by atoms with van der Waals surface area (Å²) in [5.74, 6) is -0.594. The summed E-state index contributed by atoms with van der Waals surface area (Å²) in [4.78, 5) is 38.3. The SMILES string of the molecule is CC(C)(C)Oc1ccnc(-c2cc(OC(C)(C)C)ccn2)c1.O=C(O)c1ccnc(-c2cc(C(=O)O)ccn2)c1.[N-]=C=S.[N-]=C=S.[Ru+2]. The monoisotopic (exact) mass is 762 g/mol. The van der Waals surface area contributed by atoms with E-state index in [0.717, 1.165) is 22.9 Å². The van der Waals surface area contributed by atoms with Crippen LogP contribution in [0.5, 0.6) is 11.5 Å². The molecule has 0 saturated carbocycles. The predicted molar refractivity (Wildman–Crippen MR) is 182 cm³/mol. The molecule has 0 spiro atoms. The number of carboxylic acid groups (broad SMARTS) is 2. The van der Waals surface area contributed by atoms with Crippen LogP contribution in [0.2, 0.25) is 0 Å². The molecular formula is C32H32N6O6RuS2. The number of pyridine rings is 4. The number of carbonyl (C=O) groups is 2. The topological polar surface area (TPSA) is 189 Å². The second-order valence-electron chi connectivity index (χ2n) is 10.8. The molecule has 4 aromatic rings. The first-order valence-corrected chi connectivity index (χ1v) is 14.1. The van der Waals surface area contributed by atoms with Crippen LogP contribution in [0.4, 0.5) is 0 Å². The van der Waals surface area contributed by atoms with Crippen molar-refractivity contribution in [3.05, 3.63) is 95.3 Å². The minimum absolute atomic E-state index is 0. The van der Waals surface area contributed by atoms with Crippen LogP contribution in [0.25, 0.3) is 33.6 Å². The van der Waals surface area contributed by atoms with Crippen molar-refractivity contribution in [2.24, 2.45) is 0 Å². The van der Waals surface area contributed by atoms with Gasteiger partial charge in [-0.05, 0) is 77.9 Å². The first-order valence-electron chi connectivity index (χ1n) is 13.3. The second kappa shape index (κ2) is 20.5. The fraction of sp³-hybridized carbons (Fsp3) is 0.250. The Balaban J connectivity index is 0.000000766. The Hall–Kier alpha value is -4.64. The van der Waals surface area contributed by atoms with Gasteiger partial charge in [0, 0.05) is 36.9 Å². The molecule has 2 N–H and O–H groups in total. The summed E-state index contributed by atoms with van der Waals surface area (Å²) in [6.45, 7) is 12.1. The molecule has 0 aliphatic rings. The van der Waals surface area contributed by atoms with Gasteiger partial charge >= 0.3 is 31.4 Å².